The van der Waals surface area contributed by atoms with Gasteiger partial charge in [0.2, 0.25) is 0 Å². The molecule has 362 valence electrons. The van der Waals surface area contributed by atoms with Crippen molar-refractivity contribution in [1.29, 1.82) is 0 Å². The zero-order valence-electron chi connectivity index (χ0n) is 44.3. The molecule has 0 bridgehead atoms. The van der Waals surface area contributed by atoms with Crippen LogP contribution in [-0.4, -0.2) is 36.6 Å². The van der Waals surface area contributed by atoms with Gasteiger partial charge in [-0.2, -0.15) is 0 Å². The summed E-state index contributed by atoms with van der Waals surface area (Å²) in [5.41, 5.74) is 13.8. The van der Waals surface area contributed by atoms with E-state index in [1.165, 1.54) is 158 Å². The van der Waals surface area contributed by atoms with Crippen molar-refractivity contribution in [2.75, 3.05) is 0 Å². The van der Waals surface area contributed by atoms with E-state index in [0.29, 0.717) is 0 Å². The van der Waals surface area contributed by atoms with Gasteiger partial charge < -0.3 is 18.6 Å². The van der Waals surface area contributed by atoms with Gasteiger partial charge in [0.25, 0.3) is 0 Å². The summed E-state index contributed by atoms with van der Waals surface area (Å²) >= 11 is 3.97. The predicted molar refractivity (Wildman–Crippen MR) is 289 cm³/mol. The SMILES string of the molecule is CCCCC1(CCCC)c2cc3c(cc2-c2cc4c(cc21)-c1cc(B2OC(C)(C)C(C)(C)O2)sc1C4(CCCC)CCCC)C(CCCC)(CCCC)c1cc(B2OC(C)(C)C(C)(C)O2)sc1-3. The first-order valence-corrected chi connectivity index (χ1v) is 28.9. The predicted octanol–water partition coefficient (Wildman–Crippen LogP) is 16.3. The molecule has 2 aromatic carbocycles. The molecule has 2 aromatic heterocycles. The number of benzene rings is 2. The average Bonchev–Trinajstić information content (AvgIpc) is 4.13. The van der Waals surface area contributed by atoms with E-state index >= 15 is 0 Å². The topological polar surface area (TPSA) is 36.9 Å². The van der Waals surface area contributed by atoms with Crippen LogP contribution < -0.4 is 9.55 Å². The Hall–Kier alpha value is -2.19. The van der Waals surface area contributed by atoms with Crippen LogP contribution in [0.4, 0.5) is 0 Å². The maximum atomic E-state index is 6.80. The lowest BCUT2D eigenvalue weighted by Gasteiger charge is -2.35. The van der Waals surface area contributed by atoms with Crippen LogP contribution in [0.1, 0.15) is 245 Å². The van der Waals surface area contributed by atoms with Gasteiger partial charge in [-0.05, 0) is 186 Å². The van der Waals surface area contributed by atoms with Crippen LogP contribution in [0.15, 0.2) is 36.4 Å². The van der Waals surface area contributed by atoms with E-state index in [9.17, 15) is 0 Å². The second-order valence-corrected chi connectivity index (χ2v) is 25.9. The summed E-state index contributed by atoms with van der Waals surface area (Å²) in [6.07, 6.45) is 21.6. The van der Waals surface area contributed by atoms with Gasteiger partial charge in [0, 0.05) is 35.6 Å². The molecule has 67 heavy (non-hydrogen) atoms. The number of thiophene rings is 2. The summed E-state index contributed by atoms with van der Waals surface area (Å²) in [5, 5.41) is 0. The Balaban J connectivity index is 1.29. The molecule has 5 aliphatic rings. The zero-order chi connectivity index (χ0) is 48.0. The van der Waals surface area contributed by atoms with Gasteiger partial charge in [0.05, 0.1) is 22.4 Å². The molecule has 4 heterocycles. The summed E-state index contributed by atoms with van der Waals surface area (Å²) in [5.74, 6) is 0. The van der Waals surface area contributed by atoms with Crippen molar-refractivity contribution in [1.82, 2.24) is 0 Å². The largest absolute Gasteiger partial charge is 0.505 e. The lowest BCUT2D eigenvalue weighted by atomic mass is 9.68. The fourth-order valence-electron chi connectivity index (χ4n) is 13.0. The van der Waals surface area contributed by atoms with Crippen LogP contribution >= 0.6 is 22.7 Å². The van der Waals surface area contributed by atoms with Gasteiger partial charge in [0.15, 0.2) is 0 Å². The Bertz CT molecular complexity index is 2250. The molecule has 4 aromatic rings. The maximum Gasteiger partial charge on any atom is 0.505 e. The molecule has 0 saturated carbocycles. The molecule has 0 unspecified atom stereocenters. The minimum atomic E-state index is -0.377. The van der Waals surface area contributed by atoms with Crippen molar-refractivity contribution in [2.24, 2.45) is 0 Å². The highest BCUT2D eigenvalue weighted by atomic mass is 32.1. The summed E-state index contributed by atoms with van der Waals surface area (Å²) in [7, 11) is -0.692. The van der Waals surface area contributed by atoms with Gasteiger partial charge in [-0.1, -0.05) is 119 Å². The van der Waals surface area contributed by atoms with Crippen molar-refractivity contribution < 1.29 is 18.6 Å². The molecule has 9 rings (SSSR count). The van der Waals surface area contributed by atoms with Crippen LogP contribution in [0.5, 0.6) is 0 Å². The highest BCUT2D eigenvalue weighted by Crippen LogP contribution is 2.65. The van der Waals surface area contributed by atoms with Crippen molar-refractivity contribution in [3.05, 3.63) is 69.1 Å². The minimum absolute atomic E-state index is 0.0205. The molecule has 2 saturated heterocycles. The summed E-state index contributed by atoms with van der Waals surface area (Å²) in [6, 6.07) is 16.2. The van der Waals surface area contributed by atoms with Crippen LogP contribution in [0.2, 0.25) is 0 Å². The molecule has 3 aliphatic carbocycles. The van der Waals surface area contributed by atoms with Gasteiger partial charge in [-0.15, -0.1) is 22.7 Å². The summed E-state index contributed by atoms with van der Waals surface area (Å²) in [6.45, 7) is 31.8. The minimum Gasteiger partial charge on any atom is -0.399 e. The first-order chi connectivity index (χ1) is 31.8. The van der Waals surface area contributed by atoms with Gasteiger partial charge in [-0.3, -0.25) is 0 Å². The Morgan fingerprint density at radius 3 is 1.07 bits per heavy atom. The fourth-order valence-corrected chi connectivity index (χ4v) is 15.6. The smallest absolute Gasteiger partial charge is 0.399 e. The molecule has 4 nitrogen and oxygen atoms in total. The Morgan fingerprint density at radius 1 is 0.358 bits per heavy atom. The third-order valence-electron chi connectivity index (χ3n) is 18.4. The van der Waals surface area contributed by atoms with Crippen LogP contribution in [-0.2, 0) is 34.9 Å². The molecule has 2 fully saturated rings. The molecule has 2 aliphatic heterocycles. The van der Waals surface area contributed by atoms with E-state index in [1.807, 2.05) is 22.7 Å². The lowest BCUT2D eigenvalue weighted by Crippen LogP contribution is -2.41. The van der Waals surface area contributed by atoms with Gasteiger partial charge in [0.1, 0.15) is 0 Å². The average molecular weight is 943 g/mol. The van der Waals surface area contributed by atoms with Crippen LogP contribution in [0.25, 0.3) is 32.7 Å². The molecule has 0 N–H and O–H groups in total. The van der Waals surface area contributed by atoms with E-state index in [0.717, 1.165) is 0 Å². The molecular weight excluding hydrogens is 858 g/mol. The molecule has 0 radical (unpaired) electrons. The standard InChI is InChI=1S/C59H84B2O4S2/c1-15-21-27-57(28-22-16-2)44-35-41-42-37-49(60-62-53(7,8)54(9,10)63-60)67-52(42)59(31-25-19-5,32-26-20-6)46(41)33-39(44)40-34-47-43(36-45(40)57)51-48(58(47,29-23-17-3)30-24-18-4)38-50(66-51)61-64-55(11,12)56(13,14)65-61/h33-38H,15-32H2,1-14H3. The fraction of sp³-hybridized carbons (Fsp3) is 0.661. The Kier molecular flexibility index (Phi) is 13.5. The number of rotatable bonds is 20. The quantitative estimate of drug-likeness (QED) is 0.0828. The number of hydrogen-bond acceptors (Lipinski definition) is 6. The summed E-state index contributed by atoms with van der Waals surface area (Å²) in [4.78, 5) is 3.05. The molecular formula is C59H84B2O4S2. The number of fused-ring (bicyclic) bond motifs is 9. The van der Waals surface area contributed by atoms with E-state index in [1.54, 1.807) is 32.7 Å². The molecule has 0 amide bonds. The highest BCUT2D eigenvalue weighted by Gasteiger charge is 2.57. The first-order valence-electron chi connectivity index (χ1n) is 27.2. The van der Waals surface area contributed by atoms with Gasteiger partial charge >= 0.3 is 14.2 Å². The van der Waals surface area contributed by atoms with E-state index in [2.05, 4.69) is 133 Å². The summed E-state index contributed by atoms with van der Waals surface area (Å²) < 4.78 is 29.7. The van der Waals surface area contributed by atoms with E-state index in [4.69, 9.17) is 18.6 Å². The monoisotopic (exact) mass is 943 g/mol. The number of unbranched alkanes of at least 4 members (excludes halogenated alkanes) is 6. The lowest BCUT2D eigenvalue weighted by molar-refractivity contribution is 0.00578. The zero-order valence-corrected chi connectivity index (χ0v) is 45.9. The van der Waals surface area contributed by atoms with Crippen molar-refractivity contribution in [2.45, 2.75) is 251 Å². The third-order valence-corrected chi connectivity index (χ3v) is 20.9. The van der Waals surface area contributed by atoms with Crippen LogP contribution in [0, 0.1) is 0 Å². The van der Waals surface area contributed by atoms with Crippen molar-refractivity contribution in [3.63, 3.8) is 0 Å². The van der Waals surface area contributed by atoms with E-state index < -0.39 is 0 Å². The van der Waals surface area contributed by atoms with Crippen molar-refractivity contribution in [3.8, 4) is 32.7 Å². The third kappa shape index (κ3) is 7.71. The second kappa shape index (κ2) is 18.1. The van der Waals surface area contributed by atoms with Crippen molar-refractivity contribution >= 4 is 46.5 Å². The Labute approximate surface area is 415 Å². The molecule has 8 heteroatoms. The van der Waals surface area contributed by atoms with E-state index in [-0.39, 0.29) is 52.9 Å². The molecule has 0 spiro atoms. The maximum absolute atomic E-state index is 6.80. The normalized spacial score (nSPS) is 21.1. The van der Waals surface area contributed by atoms with Crippen LogP contribution in [0.3, 0.4) is 0 Å². The highest BCUT2D eigenvalue weighted by molar-refractivity contribution is 7.25. The Morgan fingerprint density at radius 2 is 0.672 bits per heavy atom. The molecule has 0 atom stereocenters. The first kappa shape index (κ1) is 49.8. The van der Waals surface area contributed by atoms with Gasteiger partial charge in [-0.25, -0.2) is 0 Å². The number of hydrogen-bond donors (Lipinski definition) is 0. The second-order valence-electron chi connectivity index (χ2n) is 23.7.